The van der Waals surface area contributed by atoms with Crippen molar-refractivity contribution in [2.75, 3.05) is 20.1 Å². The minimum atomic E-state index is 0. The summed E-state index contributed by atoms with van der Waals surface area (Å²) in [5, 5.41) is 11.1. The van der Waals surface area contributed by atoms with E-state index in [-0.39, 0.29) is 29.9 Å². The molecule has 180 valence electrons. The lowest BCUT2D eigenvalue weighted by molar-refractivity contribution is 0.0724. The molecule has 1 aromatic heterocycles. The predicted octanol–water partition coefficient (Wildman–Crippen LogP) is 4.04. The molecule has 3 aromatic rings. The summed E-state index contributed by atoms with van der Waals surface area (Å²) in [6.45, 7) is 3.77. The van der Waals surface area contributed by atoms with Crippen LogP contribution >= 0.6 is 24.0 Å². The van der Waals surface area contributed by atoms with E-state index in [1.54, 1.807) is 13.2 Å². The number of nitrogens with one attached hydrogen (secondary N) is 2. The average Bonchev–Trinajstić information content (AvgIpc) is 3.38. The molecule has 34 heavy (non-hydrogen) atoms. The first-order valence-corrected chi connectivity index (χ1v) is 11.6. The highest BCUT2D eigenvalue weighted by molar-refractivity contribution is 14.0. The molecule has 1 amide bonds. The molecular weight excluding hydrogens is 539 g/mol. The second-order valence-corrected chi connectivity index (χ2v) is 8.30. The number of guanidine groups is 1. The van der Waals surface area contributed by atoms with E-state index in [0.29, 0.717) is 13.1 Å². The van der Waals surface area contributed by atoms with Gasteiger partial charge in [0.25, 0.3) is 5.91 Å². The van der Waals surface area contributed by atoms with E-state index < -0.39 is 0 Å². The average molecular weight is 572 g/mol. The standard InChI is InChI=1S/C26H32N6O.HI/c1-27-26(29-19-23-8-3-4-9-24(23)20-32-17-7-14-30-32)28-18-21-10-12-22(13-11-21)25(33)31-15-5-2-6-16-31;/h3-4,7-14,17H,2,5-6,15-16,18-20H2,1H3,(H2,27,28,29);1H. The number of hydrogen-bond donors (Lipinski definition) is 2. The highest BCUT2D eigenvalue weighted by Crippen LogP contribution is 2.14. The molecule has 0 aliphatic carbocycles. The van der Waals surface area contributed by atoms with Crippen LogP contribution in [0.3, 0.4) is 0 Å². The van der Waals surface area contributed by atoms with Gasteiger partial charge in [-0.25, -0.2) is 0 Å². The number of benzene rings is 2. The monoisotopic (exact) mass is 572 g/mol. The van der Waals surface area contributed by atoms with Crippen LogP contribution in [-0.4, -0.2) is 46.7 Å². The normalized spacial score (nSPS) is 13.8. The van der Waals surface area contributed by atoms with Crippen molar-refractivity contribution >= 4 is 35.8 Å². The highest BCUT2D eigenvalue weighted by Gasteiger charge is 2.17. The van der Waals surface area contributed by atoms with E-state index in [4.69, 9.17) is 0 Å². The quantitative estimate of drug-likeness (QED) is 0.255. The molecule has 2 aromatic carbocycles. The fourth-order valence-corrected chi connectivity index (χ4v) is 4.08. The number of halogens is 1. The number of rotatable bonds is 7. The topological polar surface area (TPSA) is 74.6 Å². The van der Waals surface area contributed by atoms with Crippen LogP contribution in [0.25, 0.3) is 0 Å². The lowest BCUT2D eigenvalue weighted by Gasteiger charge is -2.26. The first-order valence-electron chi connectivity index (χ1n) is 11.6. The number of nitrogens with zero attached hydrogens (tertiary/aromatic N) is 4. The molecule has 0 spiro atoms. The summed E-state index contributed by atoms with van der Waals surface area (Å²) >= 11 is 0. The van der Waals surface area contributed by atoms with Crippen molar-refractivity contribution in [2.24, 2.45) is 4.99 Å². The largest absolute Gasteiger partial charge is 0.352 e. The van der Waals surface area contributed by atoms with Crippen LogP contribution in [0.15, 0.2) is 72.0 Å². The van der Waals surface area contributed by atoms with Crippen LogP contribution in [0, 0.1) is 0 Å². The van der Waals surface area contributed by atoms with Crippen molar-refractivity contribution in [3.8, 4) is 0 Å². The maximum Gasteiger partial charge on any atom is 0.253 e. The van der Waals surface area contributed by atoms with Crippen molar-refractivity contribution in [1.29, 1.82) is 0 Å². The van der Waals surface area contributed by atoms with Crippen LogP contribution in [0.4, 0.5) is 0 Å². The third kappa shape index (κ3) is 7.06. The molecule has 1 aliphatic heterocycles. The molecule has 8 heteroatoms. The maximum atomic E-state index is 12.6. The number of amides is 1. The molecule has 0 saturated carbocycles. The van der Waals surface area contributed by atoms with Gasteiger partial charge in [0.05, 0.1) is 6.54 Å². The Morgan fingerprint density at radius 3 is 2.32 bits per heavy atom. The Morgan fingerprint density at radius 2 is 1.65 bits per heavy atom. The van der Waals surface area contributed by atoms with Gasteiger partial charge >= 0.3 is 0 Å². The number of aromatic nitrogens is 2. The van der Waals surface area contributed by atoms with Gasteiger partial charge in [0.1, 0.15) is 0 Å². The van der Waals surface area contributed by atoms with Crippen molar-refractivity contribution in [2.45, 2.75) is 38.9 Å². The number of aliphatic imine (C=N–C) groups is 1. The molecule has 1 fully saturated rings. The van der Waals surface area contributed by atoms with Crippen LogP contribution in [-0.2, 0) is 19.6 Å². The van der Waals surface area contributed by atoms with Crippen LogP contribution in [0.1, 0.15) is 46.3 Å². The molecule has 7 nitrogen and oxygen atoms in total. The Morgan fingerprint density at radius 1 is 0.941 bits per heavy atom. The molecular formula is C26H33IN6O. The van der Waals surface area contributed by atoms with Crippen LogP contribution < -0.4 is 10.6 Å². The van der Waals surface area contributed by atoms with E-state index >= 15 is 0 Å². The minimum absolute atomic E-state index is 0. The fraction of sp³-hybridized carbons (Fsp3) is 0.346. The van der Waals surface area contributed by atoms with Gasteiger partial charge in [-0.05, 0) is 54.2 Å². The summed E-state index contributed by atoms with van der Waals surface area (Å²) in [6, 6.07) is 18.2. The smallest absolute Gasteiger partial charge is 0.253 e. The second-order valence-electron chi connectivity index (χ2n) is 8.30. The summed E-state index contributed by atoms with van der Waals surface area (Å²) in [4.78, 5) is 19.0. The molecule has 0 bridgehead atoms. The predicted molar refractivity (Wildman–Crippen MR) is 146 cm³/mol. The third-order valence-electron chi connectivity index (χ3n) is 5.98. The summed E-state index contributed by atoms with van der Waals surface area (Å²) in [7, 11) is 1.77. The van der Waals surface area contributed by atoms with Gasteiger partial charge in [0.15, 0.2) is 5.96 Å². The Hall–Kier alpha value is -2.88. The SMILES string of the molecule is CN=C(NCc1ccc(C(=O)N2CCCCC2)cc1)NCc1ccccc1Cn1cccn1.I. The van der Waals surface area contributed by atoms with Gasteiger partial charge in [-0.1, -0.05) is 36.4 Å². The molecule has 1 aliphatic rings. The van der Waals surface area contributed by atoms with Gasteiger partial charge in [0.2, 0.25) is 0 Å². The lowest BCUT2D eigenvalue weighted by Crippen LogP contribution is -2.36. The Kier molecular flexibility index (Phi) is 9.93. The summed E-state index contributed by atoms with van der Waals surface area (Å²) in [5.41, 5.74) is 4.29. The molecule has 1 saturated heterocycles. The minimum Gasteiger partial charge on any atom is -0.352 e. The number of carbonyl (C=O) groups excluding carboxylic acids is 1. The number of likely N-dealkylation sites (tertiary alicyclic amines) is 1. The Balaban J connectivity index is 0.00000324. The van der Waals surface area contributed by atoms with Crippen molar-refractivity contribution in [3.05, 3.63) is 89.2 Å². The fourth-order valence-electron chi connectivity index (χ4n) is 4.08. The zero-order chi connectivity index (χ0) is 22.9. The van der Waals surface area contributed by atoms with E-state index in [2.05, 4.69) is 38.9 Å². The van der Waals surface area contributed by atoms with Gasteiger partial charge in [-0.3, -0.25) is 14.5 Å². The van der Waals surface area contributed by atoms with Crippen molar-refractivity contribution < 1.29 is 4.79 Å². The van der Waals surface area contributed by atoms with E-state index in [1.807, 2.05) is 52.2 Å². The summed E-state index contributed by atoms with van der Waals surface area (Å²) in [6.07, 6.45) is 7.19. The molecule has 0 atom stereocenters. The van der Waals surface area contributed by atoms with Gasteiger partial charge in [-0.2, -0.15) is 5.10 Å². The lowest BCUT2D eigenvalue weighted by atomic mass is 10.1. The maximum absolute atomic E-state index is 12.6. The molecule has 0 radical (unpaired) electrons. The first-order chi connectivity index (χ1) is 16.2. The first kappa shape index (κ1) is 25.7. The number of carbonyl (C=O) groups is 1. The van der Waals surface area contributed by atoms with E-state index in [0.717, 1.165) is 49.6 Å². The molecule has 2 heterocycles. The van der Waals surface area contributed by atoms with Gasteiger partial charge < -0.3 is 15.5 Å². The van der Waals surface area contributed by atoms with Gasteiger partial charge in [-0.15, -0.1) is 24.0 Å². The zero-order valence-corrected chi connectivity index (χ0v) is 21.9. The van der Waals surface area contributed by atoms with E-state index in [1.165, 1.54) is 17.5 Å². The zero-order valence-electron chi connectivity index (χ0n) is 19.6. The molecule has 0 unspecified atom stereocenters. The van der Waals surface area contributed by atoms with Gasteiger partial charge in [0, 0.05) is 51.2 Å². The van der Waals surface area contributed by atoms with Crippen molar-refractivity contribution in [1.82, 2.24) is 25.3 Å². The Labute approximate surface area is 218 Å². The van der Waals surface area contributed by atoms with Crippen LogP contribution in [0.5, 0.6) is 0 Å². The summed E-state index contributed by atoms with van der Waals surface area (Å²) < 4.78 is 1.92. The summed E-state index contributed by atoms with van der Waals surface area (Å²) in [5.74, 6) is 0.873. The highest BCUT2D eigenvalue weighted by atomic mass is 127. The second kappa shape index (κ2) is 13.1. The third-order valence-corrected chi connectivity index (χ3v) is 5.98. The van der Waals surface area contributed by atoms with Crippen LogP contribution in [0.2, 0.25) is 0 Å². The number of piperidine rings is 1. The van der Waals surface area contributed by atoms with E-state index in [9.17, 15) is 4.79 Å². The molecule has 2 N–H and O–H groups in total. The molecule has 4 rings (SSSR count). The Bertz CT molecular complexity index is 1060. The van der Waals surface area contributed by atoms with Crippen molar-refractivity contribution in [3.63, 3.8) is 0 Å². The number of hydrogen-bond acceptors (Lipinski definition) is 3.